The number of amides is 1. The lowest BCUT2D eigenvalue weighted by molar-refractivity contribution is -0.126. The van der Waals surface area contributed by atoms with Crippen LogP contribution in [0.5, 0.6) is 0 Å². The molecule has 4 nitrogen and oxygen atoms in total. The fourth-order valence-corrected chi connectivity index (χ4v) is 0.794. The predicted octanol–water partition coefficient (Wildman–Crippen LogP) is -1.56. The number of hydrogen-bond acceptors (Lipinski definition) is 3. The second kappa shape index (κ2) is 2.98. The quantitative estimate of drug-likeness (QED) is 0.420. The Hall–Kier alpha value is -0.610. The Labute approximate surface area is 63.6 Å². The van der Waals surface area contributed by atoms with Crippen molar-refractivity contribution in [3.63, 3.8) is 0 Å². The van der Waals surface area contributed by atoms with E-state index < -0.39 is 37.4 Å². The van der Waals surface area contributed by atoms with Crippen LogP contribution in [0.3, 0.4) is 0 Å². The summed E-state index contributed by atoms with van der Waals surface area (Å²) >= 11 is 0. The van der Waals surface area contributed by atoms with E-state index in [9.17, 15) is 9.90 Å². The van der Waals surface area contributed by atoms with Crippen LogP contribution in [-0.4, -0.2) is 30.2 Å². The number of carbonyl (C=O) groups is 1. The summed E-state index contributed by atoms with van der Waals surface area (Å²) in [6, 6.07) is 0. The van der Waals surface area contributed by atoms with Crippen LogP contribution in [0.25, 0.3) is 0 Å². The van der Waals surface area contributed by atoms with Gasteiger partial charge < -0.3 is 16.2 Å². The number of nitrogens with one attached hydrogen (secondary N) is 1. The van der Waals surface area contributed by atoms with Gasteiger partial charge in [0.2, 0.25) is 5.91 Å². The largest absolute Gasteiger partial charge is 0.391 e. The minimum atomic E-state index is -1.30. The Kier molecular flexibility index (Phi) is 1.29. The second-order valence-electron chi connectivity index (χ2n) is 2.11. The molecule has 1 amide bonds. The van der Waals surface area contributed by atoms with Gasteiger partial charge in [0, 0.05) is 10.6 Å². The lowest BCUT2D eigenvalue weighted by Crippen LogP contribution is -2.46. The van der Waals surface area contributed by atoms with Crippen LogP contribution in [0, 0.1) is 5.92 Å². The zero-order valence-corrected chi connectivity index (χ0v) is 5.32. The molecular formula is C6H12N2O2. The summed E-state index contributed by atoms with van der Waals surface area (Å²) in [5.74, 6) is -1.96. The third kappa shape index (κ3) is 1.46. The summed E-state index contributed by atoms with van der Waals surface area (Å²) in [6.45, 7) is -2.18. The van der Waals surface area contributed by atoms with Gasteiger partial charge in [0.1, 0.15) is 0 Å². The molecular weight excluding hydrogens is 132 g/mol. The van der Waals surface area contributed by atoms with Crippen LogP contribution < -0.4 is 11.1 Å². The highest BCUT2D eigenvalue weighted by Crippen LogP contribution is 2.10. The maximum atomic E-state index is 10.8. The van der Waals surface area contributed by atoms with E-state index >= 15 is 0 Å². The Morgan fingerprint density at radius 2 is 2.60 bits per heavy atom. The first-order chi connectivity index (χ1) is 5.95. The third-order valence-corrected chi connectivity index (χ3v) is 1.36. The summed E-state index contributed by atoms with van der Waals surface area (Å²) < 4.78 is 21.9. The Morgan fingerprint density at radius 3 is 3.20 bits per heavy atom. The molecule has 0 aromatic rings. The fourth-order valence-electron chi connectivity index (χ4n) is 0.794. The highest BCUT2D eigenvalue weighted by molar-refractivity contribution is 5.77. The van der Waals surface area contributed by atoms with E-state index in [4.69, 9.17) is 9.85 Å². The first-order valence-electron chi connectivity index (χ1n) is 4.68. The van der Waals surface area contributed by atoms with Gasteiger partial charge in [-0.25, -0.2) is 0 Å². The van der Waals surface area contributed by atoms with Crippen molar-refractivity contribution in [2.75, 3.05) is 13.0 Å². The number of carbonyl (C=O) groups excluding carboxylic acids is 1. The van der Waals surface area contributed by atoms with E-state index in [1.54, 1.807) is 0 Å². The molecule has 1 rings (SSSR count). The summed E-state index contributed by atoms with van der Waals surface area (Å²) in [7, 11) is 0. The second-order valence-corrected chi connectivity index (χ2v) is 2.11. The molecule has 58 valence electrons. The van der Waals surface area contributed by atoms with Crippen molar-refractivity contribution >= 4 is 5.91 Å². The number of aliphatic hydroxyl groups is 1. The van der Waals surface area contributed by atoms with Crippen molar-refractivity contribution < 1.29 is 14.0 Å². The van der Waals surface area contributed by atoms with Crippen LogP contribution in [0.4, 0.5) is 0 Å². The number of primary amides is 1. The number of piperidine rings is 1. The minimum Gasteiger partial charge on any atom is -0.391 e. The molecule has 0 bridgehead atoms. The molecule has 0 spiro atoms. The zero-order chi connectivity index (χ0) is 10.2. The molecule has 0 radical (unpaired) electrons. The summed E-state index contributed by atoms with van der Waals surface area (Å²) in [6.07, 6.45) is -2.42. The van der Waals surface area contributed by atoms with Crippen LogP contribution in [0.2, 0.25) is 0 Å². The Morgan fingerprint density at radius 1 is 1.90 bits per heavy atom. The van der Waals surface area contributed by atoms with Gasteiger partial charge in [0.25, 0.3) is 0 Å². The van der Waals surface area contributed by atoms with Gasteiger partial charge in [0.05, 0.1) is 12.0 Å². The van der Waals surface area contributed by atoms with Crippen LogP contribution in [0.15, 0.2) is 0 Å². The first-order valence-corrected chi connectivity index (χ1v) is 2.95. The van der Waals surface area contributed by atoms with E-state index in [0.717, 1.165) is 0 Å². The maximum Gasteiger partial charge on any atom is 0.223 e. The number of nitrogens with two attached hydrogens (primary N) is 1. The molecule has 0 aromatic carbocycles. The number of hydrogen-bond donors (Lipinski definition) is 3. The molecule has 1 aliphatic rings. The molecule has 0 aliphatic carbocycles. The molecule has 1 heterocycles. The van der Waals surface area contributed by atoms with E-state index in [0.29, 0.717) is 0 Å². The van der Waals surface area contributed by atoms with Gasteiger partial charge in [-0.1, -0.05) is 0 Å². The smallest absolute Gasteiger partial charge is 0.223 e. The SMILES string of the molecule is [2H]C1NC([2H])C(O)C(C(N)=O)C1[2H]. The summed E-state index contributed by atoms with van der Waals surface area (Å²) in [5, 5.41) is 11.7. The Balaban J connectivity index is 2.82. The monoisotopic (exact) mass is 147 g/mol. The van der Waals surface area contributed by atoms with Gasteiger partial charge in [-0.05, 0) is 12.9 Å². The Bertz CT molecular complexity index is 202. The topological polar surface area (TPSA) is 75.3 Å². The lowest BCUT2D eigenvalue weighted by Gasteiger charge is -2.25. The molecule has 4 N–H and O–H groups in total. The van der Waals surface area contributed by atoms with Crippen molar-refractivity contribution in [1.29, 1.82) is 0 Å². The number of β-amino-alcohol motifs (C(OH)–C–C–N with tert-alkyl or cyclic N) is 1. The standard InChI is InChI=1S/C6H12N2O2/c7-6(10)4-1-2-8-3-5(4)9/h4-5,8-9H,1-3H2,(H2,7,10)/i1D,2D,3D. The van der Waals surface area contributed by atoms with Gasteiger partial charge in [0.15, 0.2) is 0 Å². The van der Waals surface area contributed by atoms with Crippen LogP contribution in [0.1, 0.15) is 10.5 Å². The minimum absolute atomic E-state index is 0.830. The van der Waals surface area contributed by atoms with Crippen molar-refractivity contribution in [3.8, 4) is 0 Å². The van der Waals surface area contributed by atoms with E-state index in [-0.39, 0.29) is 0 Å². The highest BCUT2D eigenvalue weighted by atomic mass is 16.3. The normalized spacial score (nSPS) is 60.1. The molecule has 0 aromatic heterocycles. The van der Waals surface area contributed by atoms with Gasteiger partial charge in [-0.3, -0.25) is 4.79 Å². The summed E-state index contributed by atoms with van der Waals surface area (Å²) in [5.41, 5.74) is 4.96. The van der Waals surface area contributed by atoms with E-state index in [1.165, 1.54) is 0 Å². The molecule has 0 saturated carbocycles. The van der Waals surface area contributed by atoms with Gasteiger partial charge >= 0.3 is 0 Å². The number of rotatable bonds is 1. The zero-order valence-electron chi connectivity index (χ0n) is 8.32. The molecule has 5 atom stereocenters. The van der Waals surface area contributed by atoms with Crippen molar-refractivity contribution in [2.24, 2.45) is 11.7 Å². The van der Waals surface area contributed by atoms with Crippen LogP contribution in [-0.2, 0) is 4.79 Å². The molecule has 1 fully saturated rings. The average molecular weight is 147 g/mol. The lowest BCUT2D eigenvalue weighted by atomic mass is 9.95. The van der Waals surface area contributed by atoms with Gasteiger partial charge in [-0.15, -0.1) is 0 Å². The molecule has 4 heteroatoms. The fraction of sp³-hybridized carbons (Fsp3) is 0.833. The maximum absolute atomic E-state index is 10.8. The summed E-state index contributed by atoms with van der Waals surface area (Å²) in [4.78, 5) is 10.8. The van der Waals surface area contributed by atoms with E-state index in [2.05, 4.69) is 5.32 Å². The van der Waals surface area contributed by atoms with E-state index in [1.807, 2.05) is 0 Å². The predicted molar refractivity (Wildman–Crippen MR) is 36.2 cm³/mol. The molecule has 1 saturated heterocycles. The van der Waals surface area contributed by atoms with Crippen molar-refractivity contribution in [1.82, 2.24) is 5.32 Å². The third-order valence-electron chi connectivity index (χ3n) is 1.36. The number of aliphatic hydroxyl groups excluding tert-OH is 1. The molecule has 5 unspecified atom stereocenters. The van der Waals surface area contributed by atoms with Crippen molar-refractivity contribution in [3.05, 3.63) is 0 Å². The average Bonchev–Trinajstić information content (AvgIpc) is 2.01. The molecule has 1 aliphatic heterocycles. The van der Waals surface area contributed by atoms with Crippen LogP contribution >= 0.6 is 0 Å². The molecule has 10 heavy (non-hydrogen) atoms. The van der Waals surface area contributed by atoms with Gasteiger partial charge in [-0.2, -0.15) is 0 Å². The first kappa shape index (κ1) is 4.31. The highest BCUT2D eigenvalue weighted by Gasteiger charge is 2.26. The van der Waals surface area contributed by atoms with Crippen molar-refractivity contribution in [2.45, 2.75) is 12.5 Å².